The van der Waals surface area contributed by atoms with E-state index in [9.17, 15) is 4.39 Å². The number of hydrogen-bond donors (Lipinski definition) is 1. The van der Waals surface area contributed by atoms with E-state index in [-0.39, 0.29) is 12.0 Å². The Balaban J connectivity index is 0.000000640. The van der Waals surface area contributed by atoms with Crippen LogP contribution in [-0.2, 0) is 0 Å². The van der Waals surface area contributed by atoms with Crippen LogP contribution in [0, 0.1) is 12.7 Å². The summed E-state index contributed by atoms with van der Waals surface area (Å²) in [6, 6.07) is 6.50. The molecule has 0 aliphatic carbocycles. The Kier molecular flexibility index (Phi) is 2.88. The molecular formula is C7H10FN. The summed E-state index contributed by atoms with van der Waals surface area (Å²) in [5.41, 5.74) is 0.963. The highest BCUT2D eigenvalue weighted by Gasteiger charge is 1.84. The minimum absolute atomic E-state index is 0. The fourth-order valence-electron chi connectivity index (χ4n) is 0.606. The van der Waals surface area contributed by atoms with Gasteiger partial charge in [0.05, 0.1) is 0 Å². The lowest BCUT2D eigenvalue weighted by Crippen LogP contribution is -1.72. The van der Waals surface area contributed by atoms with E-state index < -0.39 is 0 Å². The molecule has 0 aliphatic rings. The van der Waals surface area contributed by atoms with Crippen LogP contribution in [0.15, 0.2) is 24.3 Å². The van der Waals surface area contributed by atoms with Crippen LogP contribution in [-0.4, -0.2) is 0 Å². The molecule has 0 atom stereocenters. The van der Waals surface area contributed by atoms with Crippen LogP contribution in [0.25, 0.3) is 0 Å². The fourth-order valence-corrected chi connectivity index (χ4v) is 0.606. The Bertz CT molecular complexity index is 169. The van der Waals surface area contributed by atoms with E-state index in [1.807, 2.05) is 13.0 Å². The van der Waals surface area contributed by atoms with Crippen molar-refractivity contribution in [1.82, 2.24) is 6.15 Å². The maximum absolute atomic E-state index is 12.2. The molecule has 0 unspecified atom stereocenters. The molecule has 50 valence electrons. The zero-order valence-electron chi connectivity index (χ0n) is 5.39. The monoisotopic (exact) mass is 127 g/mol. The Morgan fingerprint density at radius 3 is 2.33 bits per heavy atom. The second-order valence-corrected chi connectivity index (χ2v) is 1.80. The normalized spacial score (nSPS) is 8.22. The summed E-state index contributed by atoms with van der Waals surface area (Å²) in [5.74, 6) is -0.162. The molecule has 0 bridgehead atoms. The average Bonchev–Trinajstić information content (AvgIpc) is 1.64. The maximum atomic E-state index is 12.2. The molecule has 0 saturated heterocycles. The molecule has 0 radical (unpaired) electrons. The molecule has 0 aliphatic heterocycles. The van der Waals surface area contributed by atoms with Gasteiger partial charge in [0.2, 0.25) is 0 Å². The van der Waals surface area contributed by atoms with Crippen LogP contribution < -0.4 is 6.15 Å². The van der Waals surface area contributed by atoms with E-state index in [2.05, 4.69) is 0 Å². The van der Waals surface area contributed by atoms with Gasteiger partial charge in [0.15, 0.2) is 0 Å². The Labute approximate surface area is 54.1 Å². The van der Waals surface area contributed by atoms with Crippen LogP contribution in [0.4, 0.5) is 4.39 Å². The van der Waals surface area contributed by atoms with E-state index >= 15 is 0 Å². The predicted octanol–water partition coefficient (Wildman–Crippen LogP) is 2.30. The van der Waals surface area contributed by atoms with Crippen molar-refractivity contribution in [3.63, 3.8) is 0 Å². The molecule has 0 fully saturated rings. The van der Waals surface area contributed by atoms with E-state index in [4.69, 9.17) is 0 Å². The minimum atomic E-state index is -0.162. The molecule has 9 heavy (non-hydrogen) atoms. The Morgan fingerprint density at radius 1 is 1.33 bits per heavy atom. The van der Waals surface area contributed by atoms with Crippen LogP contribution in [0.1, 0.15) is 5.56 Å². The van der Waals surface area contributed by atoms with Crippen molar-refractivity contribution in [2.45, 2.75) is 6.92 Å². The van der Waals surface area contributed by atoms with Crippen LogP contribution in [0.5, 0.6) is 0 Å². The summed E-state index contributed by atoms with van der Waals surface area (Å²) < 4.78 is 12.2. The van der Waals surface area contributed by atoms with Crippen molar-refractivity contribution in [2.24, 2.45) is 0 Å². The lowest BCUT2D eigenvalue weighted by molar-refractivity contribution is 0.626. The molecule has 0 amide bonds. The predicted molar refractivity (Wildman–Crippen MR) is 36.2 cm³/mol. The highest BCUT2D eigenvalue weighted by molar-refractivity contribution is 5.13. The van der Waals surface area contributed by atoms with Gasteiger partial charge in [-0.1, -0.05) is 12.1 Å². The van der Waals surface area contributed by atoms with Crippen molar-refractivity contribution in [3.05, 3.63) is 35.6 Å². The minimum Gasteiger partial charge on any atom is -0.344 e. The molecule has 1 nitrogen and oxygen atoms in total. The first kappa shape index (κ1) is 8.11. The average molecular weight is 127 g/mol. The summed E-state index contributed by atoms with van der Waals surface area (Å²) in [6.07, 6.45) is 0. The summed E-state index contributed by atoms with van der Waals surface area (Å²) >= 11 is 0. The SMILES string of the molecule is Cc1cccc(F)c1.N. The van der Waals surface area contributed by atoms with Gasteiger partial charge in [0.1, 0.15) is 5.82 Å². The lowest BCUT2D eigenvalue weighted by atomic mass is 10.2. The Hall–Kier alpha value is -0.890. The third-order valence-electron chi connectivity index (χ3n) is 0.980. The molecule has 2 heteroatoms. The highest BCUT2D eigenvalue weighted by Crippen LogP contribution is 1.99. The lowest BCUT2D eigenvalue weighted by Gasteiger charge is -1.87. The molecule has 0 heterocycles. The van der Waals surface area contributed by atoms with E-state index in [1.54, 1.807) is 6.07 Å². The van der Waals surface area contributed by atoms with Gasteiger partial charge in [-0.3, -0.25) is 0 Å². The maximum Gasteiger partial charge on any atom is 0.123 e. The summed E-state index contributed by atoms with van der Waals surface area (Å²) in [4.78, 5) is 0. The van der Waals surface area contributed by atoms with Crippen molar-refractivity contribution >= 4 is 0 Å². The van der Waals surface area contributed by atoms with Gasteiger partial charge in [-0.05, 0) is 24.6 Å². The number of benzene rings is 1. The molecule has 1 aromatic carbocycles. The molecule has 0 aromatic heterocycles. The number of hydrogen-bond acceptors (Lipinski definition) is 1. The molecular weight excluding hydrogens is 117 g/mol. The standard InChI is InChI=1S/C7H7F.H3N/c1-6-3-2-4-7(8)5-6;/h2-5H,1H3;1H3. The zero-order chi connectivity index (χ0) is 5.98. The van der Waals surface area contributed by atoms with Crippen molar-refractivity contribution in [3.8, 4) is 0 Å². The number of aryl methyl sites for hydroxylation is 1. The molecule has 3 N–H and O–H groups in total. The summed E-state index contributed by atoms with van der Waals surface area (Å²) in [5, 5.41) is 0. The van der Waals surface area contributed by atoms with Gasteiger partial charge in [-0.15, -0.1) is 0 Å². The quantitative estimate of drug-likeness (QED) is 0.570. The highest BCUT2D eigenvalue weighted by atomic mass is 19.1. The van der Waals surface area contributed by atoms with Gasteiger partial charge in [-0.2, -0.15) is 0 Å². The number of rotatable bonds is 0. The second kappa shape index (κ2) is 3.20. The molecule has 1 aromatic rings. The van der Waals surface area contributed by atoms with Crippen LogP contribution in [0.3, 0.4) is 0 Å². The Morgan fingerprint density at radius 2 is 2.00 bits per heavy atom. The van der Waals surface area contributed by atoms with E-state index in [0.29, 0.717) is 0 Å². The largest absolute Gasteiger partial charge is 0.344 e. The third kappa shape index (κ3) is 2.24. The summed E-state index contributed by atoms with van der Waals surface area (Å²) in [7, 11) is 0. The first-order valence-electron chi connectivity index (χ1n) is 2.51. The fraction of sp³-hybridized carbons (Fsp3) is 0.143. The van der Waals surface area contributed by atoms with Crippen molar-refractivity contribution < 1.29 is 4.39 Å². The van der Waals surface area contributed by atoms with E-state index in [0.717, 1.165) is 5.56 Å². The molecule has 1 rings (SSSR count). The van der Waals surface area contributed by atoms with Gasteiger partial charge >= 0.3 is 0 Å². The van der Waals surface area contributed by atoms with Gasteiger partial charge < -0.3 is 6.15 Å². The third-order valence-corrected chi connectivity index (χ3v) is 0.980. The zero-order valence-corrected chi connectivity index (χ0v) is 5.39. The topological polar surface area (TPSA) is 35.0 Å². The first-order valence-corrected chi connectivity index (χ1v) is 2.51. The first-order chi connectivity index (χ1) is 3.79. The molecule has 0 spiro atoms. The molecule has 0 saturated carbocycles. The van der Waals surface area contributed by atoms with Gasteiger partial charge in [0.25, 0.3) is 0 Å². The second-order valence-electron chi connectivity index (χ2n) is 1.80. The van der Waals surface area contributed by atoms with Crippen LogP contribution >= 0.6 is 0 Å². The van der Waals surface area contributed by atoms with Crippen molar-refractivity contribution in [2.75, 3.05) is 0 Å². The van der Waals surface area contributed by atoms with E-state index in [1.165, 1.54) is 12.1 Å². The van der Waals surface area contributed by atoms with Crippen molar-refractivity contribution in [1.29, 1.82) is 0 Å². The smallest absolute Gasteiger partial charge is 0.123 e. The summed E-state index contributed by atoms with van der Waals surface area (Å²) in [6.45, 7) is 1.86. The van der Waals surface area contributed by atoms with Crippen LogP contribution in [0.2, 0.25) is 0 Å². The van der Waals surface area contributed by atoms with Gasteiger partial charge in [0, 0.05) is 0 Å². The number of halogens is 1. The van der Waals surface area contributed by atoms with Gasteiger partial charge in [-0.25, -0.2) is 4.39 Å².